The van der Waals surface area contributed by atoms with E-state index in [4.69, 9.17) is 0 Å². The van der Waals surface area contributed by atoms with Crippen molar-refractivity contribution in [3.63, 3.8) is 0 Å². The van der Waals surface area contributed by atoms with Gasteiger partial charge in [-0.2, -0.15) is 0 Å². The van der Waals surface area contributed by atoms with Crippen molar-refractivity contribution in [2.75, 3.05) is 13.1 Å². The number of benzene rings is 1. The van der Waals surface area contributed by atoms with Gasteiger partial charge in [-0.3, -0.25) is 0 Å². The van der Waals surface area contributed by atoms with Crippen molar-refractivity contribution in [2.45, 2.75) is 46.5 Å². The molecule has 1 heteroatoms. The van der Waals surface area contributed by atoms with E-state index < -0.39 is 0 Å². The van der Waals surface area contributed by atoms with E-state index in [-0.39, 0.29) is 0 Å². The second kappa shape index (κ2) is 7.50. The van der Waals surface area contributed by atoms with Gasteiger partial charge in [0.05, 0.1) is 0 Å². The lowest BCUT2D eigenvalue weighted by molar-refractivity contribution is 0.608. The van der Waals surface area contributed by atoms with Crippen molar-refractivity contribution in [3.05, 3.63) is 35.4 Å². The van der Waals surface area contributed by atoms with E-state index in [0.717, 1.165) is 19.0 Å². The fourth-order valence-corrected chi connectivity index (χ4v) is 2.07. The summed E-state index contributed by atoms with van der Waals surface area (Å²) in [6, 6.07) is 9.14. The Kier molecular flexibility index (Phi) is 6.28. The average molecular weight is 233 g/mol. The van der Waals surface area contributed by atoms with E-state index in [1.54, 1.807) is 0 Å². The lowest BCUT2D eigenvalue weighted by Gasteiger charge is -2.13. The summed E-state index contributed by atoms with van der Waals surface area (Å²) in [7, 11) is 0. The van der Waals surface area contributed by atoms with Gasteiger partial charge in [0.25, 0.3) is 0 Å². The normalized spacial score (nSPS) is 13.0. The monoisotopic (exact) mass is 233 g/mol. The lowest BCUT2D eigenvalue weighted by Crippen LogP contribution is -2.20. The molecular formula is C16H27N. The zero-order valence-electron chi connectivity index (χ0n) is 11.8. The molecule has 0 aliphatic heterocycles. The van der Waals surface area contributed by atoms with Crippen LogP contribution in [0.25, 0.3) is 0 Å². The van der Waals surface area contributed by atoms with Crippen molar-refractivity contribution < 1.29 is 0 Å². The van der Waals surface area contributed by atoms with Crippen LogP contribution in [0.3, 0.4) is 0 Å². The van der Waals surface area contributed by atoms with Crippen molar-refractivity contribution in [2.24, 2.45) is 5.92 Å². The van der Waals surface area contributed by atoms with Crippen molar-refractivity contribution in [1.29, 1.82) is 0 Å². The van der Waals surface area contributed by atoms with E-state index in [1.165, 1.54) is 24.0 Å². The molecule has 96 valence electrons. The molecule has 0 saturated carbocycles. The summed E-state index contributed by atoms with van der Waals surface area (Å²) < 4.78 is 0. The summed E-state index contributed by atoms with van der Waals surface area (Å²) in [4.78, 5) is 0. The first kappa shape index (κ1) is 14.2. The smallest absolute Gasteiger partial charge is 0.00174 e. The van der Waals surface area contributed by atoms with Gasteiger partial charge in [-0.05, 0) is 42.3 Å². The molecule has 0 aliphatic carbocycles. The zero-order valence-corrected chi connectivity index (χ0v) is 11.8. The molecule has 0 spiro atoms. The Morgan fingerprint density at radius 2 is 1.71 bits per heavy atom. The predicted octanol–water partition coefficient (Wildman–Crippen LogP) is 3.99. The Hall–Kier alpha value is -0.820. The van der Waals surface area contributed by atoms with Crippen LogP contribution in [0.5, 0.6) is 0 Å². The molecule has 1 rings (SSSR count). The number of hydrogen-bond acceptors (Lipinski definition) is 1. The third kappa shape index (κ3) is 5.36. The Morgan fingerprint density at radius 3 is 2.24 bits per heavy atom. The van der Waals surface area contributed by atoms with Crippen LogP contribution in [-0.4, -0.2) is 13.1 Å². The van der Waals surface area contributed by atoms with Gasteiger partial charge in [0.15, 0.2) is 0 Å². The first-order valence-electron chi connectivity index (χ1n) is 6.93. The minimum Gasteiger partial charge on any atom is -0.316 e. The first-order chi connectivity index (χ1) is 8.13. The molecule has 0 radical (unpaired) electrons. The van der Waals surface area contributed by atoms with Crippen molar-refractivity contribution in [1.82, 2.24) is 5.32 Å². The van der Waals surface area contributed by atoms with Crippen LogP contribution >= 0.6 is 0 Å². The van der Waals surface area contributed by atoms with Gasteiger partial charge in [-0.25, -0.2) is 0 Å². The summed E-state index contributed by atoms with van der Waals surface area (Å²) in [6.45, 7) is 11.2. The third-order valence-corrected chi connectivity index (χ3v) is 3.07. The molecule has 0 bridgehead atoms. The van der Waals surface area contributed by atoms with Gasteiger partial charge in [0.2, 0.25) is 0 Å². The van der Waals surface area contributed by atoms with E-state index in [0.29, 0.717) is 5.92 Å². The van der Waals surface area contributed by atoms with Crippen LogP contribution in [0.4, 0.5) is 0 Å². The standard InChI is InChI=1S/C16H27N/c1-5-10-17-12-14(4)16-8-6-15(7-9-16)11-13(2)3/h6-9,13-14,17H,5,10-12H2,1-4H3. The summed E-state index contributed by atoms with van der Waals surface area (Å²) in [6.07, 6.45) is 2.39. The second-order valence-corrected chi connectivity index (χ2v) is 5.44. The highest BCUT2D eigenvalue weighted by molar-refractivity contribution is 5.25. The fraction of sp³-hybridized carbons (Fsp3) is 0.625. The maximum atomic E-state index is 3.48. The highest BCUT2D eigenvalue weighted by atomic mass is 14.8. The summed E-state index contributed by atoms with van der Waals surface area (Å²) in [5.74, 6) is 1.35. The zero-order chi connectivity index (χ0) is 12.7. The van der Waals surface area contributed by atoms with Gasteiger partial charge >= 0.3 is 0 Å². The fourth-order valence-electron chi connectivity index (χ4n) is 2.07. The molecule has 1 N–H and O–H groups in total. The molecular weight excluding hydrogens is 206 g/mol. The molecule has 0 heterocycles. The third-order valence-electron chi connectivity index (χ3n) is 3.07. The maximum Gasteiger partial charge on any atom is 0.00174 e. The molecule has 1 nitrogen and oxygen atoms in total. The molecule has 0 fully saturated rings. The Morgan fingerprint density at radius 1 is 1.06 bits per heavy atom. The molecule has 0 aromatic heterocycles. The van der Waals surface area contributed by atoms with Crippen LogP contribution in [0.15, 0.2) is 24.3 Å². The van der Waals surface area contributed by atoms with Gasteiger partial charge in [0.1, 0.15) is 0 Å². The number of nitrogens with one attached hydrogen (secondary N) is 1. The molecule has 1 atom stereocenters. The van der Waals surface area contributed by atoms with E-state index in [1.807, 2.05) is 0 Å². The van der Waals surface area contributed by atoms with Gasteiger partial charge in [-0.1, -0.05) is 52.0 Å². The average Bonchev–Trinajstić information content (AvgIpc) is 2.29. The van der Waals surface area contributed by atoms with Crippen molar-refractivity contribution >= 4 is 0 Å². The van der Waals surface area contributed by atoms with E-state index >= 15 is 0 Å². The van der Waals surface area contributed by atoms with Crippen LogP contribution in [0, 0.1) is 5.92 Å². The molecule has 1 aromatic carbocycles. The van der Waals surface area contributed by atoms with Gasteiger partial charge in [-0.15, -0.1) is 0 Å². The maximum absolute atomic E-state index is 3.48. The molecule has 1 aromatic rings. The Labute approximate surface area is 107 Å². The van der Waals surface area contributed by atoms with Gasteiger partial charge < -0.3 is 5.32 Å². The van der Waals surface area contributed by atoms with Crippen LogP contribution in [0.2, 0.25) is 0 Å². The van der Waals surface area contributed by atoms with E-state index in [9.17, 15) is 0 Å². The minimum atomic E-state index is 0.606. The molecule has 0 saturated heterocycles. The first-order valence-corrected chi connectivity index (χ1v) is 6.93. The minimum absolute atomic E-state index is 0.606. The SMILES string of the molecule is CCCNCC(C)c1ccc(CC(C)C)cc1. The van der Waals surface area contributed by atoms with Crippen LogP contribution in [0.1, 0.15) is 51.2 Å². The number of hydrogen-bond donors (Lipinski definition) is 1. The predicted molar refractivity (Wildman–Crippen MR) is 76.6 cm³/mol. The highest BCUT2D eigenvalue weighted by Crippen LogP contribution is 2.16. The second-order valence-electron chi connectivity index (χ2n) is 5.44. The molecule has 1 unspecified atom stereocenters. The quantitative estimate of drug-likeness (QED) is 0.702. The summed E-state index contributed by atoms with van der Waals surface area (Å²) in [5, 5.41) is 3.48. The highest BCUT2D eigenvalue weighted by Gasteiger charge is 2.05. The van der Waals surface area contributed by atoms with Crippen molar-refractivity contribution in [3.8, 4) is 0 Å². The van der Waals surface area contributed by atoms with Crippen LogP contribution in [-0.2, 0) is 6.42 Å². The van der Waals surface area contributed by atoms with Crippen LogP contribution < -0.4 is 5.32 Å². The molecule has 0 amide bonds. The van der Waals surface area contributed by atoms with Gasteiger partial charge in [0, 0.05) is 6.54 Å². The Balaban J connectivity index is 2.48. The molecule has 0 aliphatic rings. The Bertz CT molecular complexity index is 300. The topological polar surface area (TPSA) is 12.0 Å². The number of rotatable bonds is 7. The summed E-state index contributed by atoms with van der Waals surface area (Å²) in [5.41, 5.74) is 2.90. The van der Waals surface area contributed by atoms with E-state index in [2.05, 4.69) is 57.3 Å². The summed E-state index contributed by atoms with van der Waals surface area (Å²) >= 11 is 0. The molecule has 17 heavy (non-hydrogen) atoms. The lowest BCUT2D eigenvalue weighted by atomic mass is 9.97. The largest absolute Gasteiger partial charge is 0.316 e.